The third kappa shape index (κ3) is 5.03. The summed E-state index contributed by atoms with van der Waals surface area (Å²) in [5, 5.41) is 3.01. The minimum atomic E-state index is -0.0913. The Morgan fingerprint density at radius 2 is 1.68 bits per heavy atom. The molecule has 6 heteroatoms. The molecule has 1 saturated heterocycles. The first-order chi connectivity index (χ1) is 13.6. The maximum Gasteiger partial charge on any atom is 0.282 e. The molecule has 0 aromatic heterocycles. The number of hydrogen-bond acceptors (Lipinski definition) is 3. The molecule has 6 nitrogen and oxygen atoms in total. The summed E-state index contributed by atoms with van der Waals surface area (Å²) in [5.74, 6) is 1.30. The van der Waals surface area contributed by atoms with E-state index in [4.69, 9.17) is 9.47 Å². The molecule has 0 radical (unpaired) electrons. The van der Waals surface area contributed by atoms with Crippen LogP contribution in [0.5, 0.6) is 11.5 Å². The summed E-state index contributed by atoms with van der Waals surface area (Å²) in [4.78, 5) is 15.7. The maximum absolute atomic E-state index is 12.7. The van der Waals surface area contributed by atoms with Crippen molar-refractivity contribution in [1.29, 1.82) is 0 Å². The number of quaternary nitrogens is 2. The fraction of sp³-hybridized carbons (Fsp3) is 0.409. The fourth-order valence-corrected chi connectivity index (χ4v) is 3.77. The molecule has 1 aliphatic heterocycles. The average Bonchev–Trinajstić information content (AvgIpc) is 2.74. The van der Waals surface area contributed by atoms with E-state index in [9.17, 15) is 4.79 Å². The number of carbonyl (C=O) groups excluding carboxylic acids is 1. The van der Waals surface area contributed by atoms with Crippen molar-refractivity contribution in [3.05, 3.63) is 54.1 Å². The fourth-order valence-electron chi connectivity index (χ4n) is 3.77. The second-order valence-corrected chi connectivity index (χ2v) is 7.35. The minimum Gasteiger partial charge on any atom is -0.493 e. The highest BCUT2D eigenvalue weighted by atomic mass is 16.5. The van der Waals surface area contributed by atoms with Gasteiger partial charge in [-0.2, -0.15) is 0 Å². The van der Waals surface area contributed by atoms with E-state index in [0.29, 0.717) is 11.5 Å². The van der Waals surface area contributed by atoms with Gasteiger partial charge in [-0.05, 0) is 19.1 Å². The Morgan fingerprint density at radius 3 is 2.32 bits per heavy atom. The van der Waals surface area contributed by atoms with E-state index in [0.717, 1.165) is 38.4 Å². The third-order valence-electron chi connectivity index (χ3n) is 5.55. The standard InChI is InChI=1S/C22H29N3O3/c1-17(22(26)23-19-9-10-20(27-2)21(15-19)28-3)25-13-11-24(12-14-25)16-18-7-5-4-6-8-18/h4-10,15,17H,11-14,16H2,1-3H3,(H,23,26)/p+2/t17-/m1/s1. The molecule has 1 heterocycles. The smallest absolute Gasteiger partial charge is 0.282 e. The van der Waals surface area contributed by atoms with E-state index >= 15 is 0 Å². The van der Waals surface area contributed by atoms with E-state index in [1.807, 2.05) is 13.0 Å². The van der Waals surface area contributed by atoms with Crippen LogP contribution >= 0.6 is 0 Å². The summed E-state index contributed by atoms with van der Waals surface area (Å²) in [7, 11) is 3.19. The third-order valence-corrected chi connectivity index (χ3v) is 5.55. The Labute approximate surface area is 167 Å². The number of benzene rings is 2. The Bertz CT molecular complexity index is 774. The maximum atomic E-state index is 12.7. The van der Waals surface area contributed by atoms with Crippen LogP contribution in [0.2, 0.25) is 0 Å². The van der Waals surface area contributed by atoms with E-state index in [-0.39, 0.29) is 11.9 Å². The van der Waals surface area contributed by atoms with Crippen molar-refractivity contribution < 1.29 is 24.1 Å². The molecule has 0 aliphatic carbocycles. The van der Waals surface area contributed by atoms with Crippen LogP contribution in [0.1, 0.15) is 12.5 Å². The zero-order valence-electron chi connectivity index (χ0n) is 17.0. The van der Waals surface area contributed by atoms with Gasteiger partial charge in [-0.25, -0.2) is 0 Å². The predicted octanol–water partition coefficient (Wildman–Crippen LogP) is 0.0144. The lowest BCUT2D eigenvalue weighted by Crippen LogP contribution is -3.29. The highest BCUT2D eigenvalue weighted by Gasteiger charge is 2.31. The summed E-state index contributed by atoms with van der Waals surface area (Å²) in [6.45, 7) is 7.23. The number of rotatable bonds is 7. The number of ether oxygens (including phenoxy) is 2. The van der Waals surface area contributed by atoms with Crippen LogP contribution in [-0.2, 0) is 11.3 Å². The Hall–Kier alpha value is -2.57. The molecule has 28 heavy (non-hydrogen) atoms. The van der Waals surface area contributed by atoms with Gasteiger partial charge in [0, 0.05) is 17.3 Å². The highest BCUT2D eigenvalue weighted by molar-refractivity contribution is 5.93. The van der Waals surface area contributed by atoms with E-state index in [1.165, 1.54) is 10.5 Å². The lowest BCUT2D eigenvalue weighted by molar-refractivity contribution is -1.02. The van der Waals surface area contributed by atoms with Gasteiger partial charge >= 0.3 is 0 Å². The number of nitrogens with one attached hydrogen (secondary N) is 3. The van der Waals surface area contributed by atoms with Crippen LogP contribution in [-0.4, -0.2) is 52.3 Å². The molecule has 1 amide bonds. The van der Waals surface area contributed by atoms with Crippen LogP contribution in [0.25, 0.3) is 0 Å². The summed E-state index contributed by atoms with van der Waals surface area (Å²) < 4.78 is 10.6. The molecule has 2 aromatic carbocycles. The van der Waals surface area contributed by atoms with Gasteiger partial charge in [0.05, 0.1) is 14.2 Å². The monoisotopic (exact) mass is 385 g/mol. The predicted molar refractivity (Wildman–Crippen MR) is 109 cm³/mol. The average molecular weight is 386 g/mol. The quantitative estimate of drug-likeness (QED) is 0.630. The lowest BCUT2D eigenvalue weighted by atomic mass is 10.1. The van der Waals surface area contributed by atoms with E-state index in [2.05, 4.69) is 35.6 Å². The second-order valence-electron chi connectivity index (χ2n) is 7.35. The number of amides is 1. The zero-order chi connectivity index (χ0) is 19.9. The SMILES string of the molecule is COc1ccc(NC(=O)[C@@H](C)[NH+]2CC[NH+](Cc3ccccc3)CC2)cc1OC. The Kier molecular flexibility index (Phi) is 6.90. The van der Waals surface area contributed by atoms with Crippen molar-refractivity contribution in [2.24, 2.45) is 0 Å². The molecular formula is C22H31N3O3+2. The topological polar surface area (TPSA) is 56.4 Å². The molecule has 2 aromatic rings. The van der Waals surface area contributed by atoms with Crippen molar-refractivity contribution in [1.82, 2.24) is 0 Å². The van der Waals surface area contributed by atoms with Gasteiger partial charge in [-0.3, -0.25) is 4.79 Å². The number of methoxy groups -OCH3 is 2. The first kappa shape index (κ1) is 20.2. The van der Waals surface area contributed by atoms with Crippen LogP contribution in [0.3, 0.4) is 0 Å². The number of hydrogen-bond donors (Lipinski definition) is 3. The minimum absolute atomic E-state index is 0.0359. The van der Waals surface area contributed by atoms with E-state index < -0.39 is 0 Å². The number of piperazine rings is 1. The van der Waals surface area contributed by atoms with Crippen molar-refractivity contribution in [3.8, 4) is 11.5 Å². The first-order valence-corrected chi connectivity index (χ1v) is 9.85. The Morgan fingerprint density at radius 1 is 1.00 bits per heavy atom. The highest BCUT2D eigenvalue weighted by Crippen LogP contribution is 2.29. The molecule has 3 rings (SSSR count). The van der Waals surface area contributed by atoms with Crippen molar-refractivity contribution in [3.63, 3.8) is 0 Å². The molecule has 0 unspecified atom stereocenters. The van der Waals surface area contributed by atoms with Crippen molar-refractivity contribution in [2.75, 3.05) is 45.7 Å². The molecule has 3 N–H and O–H groups in total. The van der Waals surface area contributed by atoms with Crippen LogP contribution in [0.4, 0.5) is 5.69 Å². The molecule has 0 spiro atoms. The zero-order valence-corrected chi connectivity index (χ0v) is 17.0. The molecule has 0 bridgehead atoms. The molecule has 150 valence electrons. The number of carbonyl (C=O) groups is 1. The molecule has 1 fully saturated rings. The molecule has 1 aliphatic rings. The summed E-state index contributed by atoms with van der Waals surface area (Å²) >= 11 is 0. The molecular weight excluding hydrogens is 354 g/mol. The van der Waals surface area contributed by atoms with Gasteiger partial charge in [0.2, 0.25) is 0 Å². The van der Waals surface area contributed by atoms with Gasteiger partial charge in [0.15, 0.2) is 17.5 Å². The van der Waals surface area contributed by atoms with E-state index in [1.54, 1.807) is 31.3 Å². The van der Waals surface area contributed by atoms with Gasteiger partial charge in [-0.15, -0.1) is 0 Å². The van der Waals surface area contributed by atoms with Crippen LogP contribution < -0.4 is 24.6 Å². The van der Waals surface area contributed by atoms with Crippen LogP contribution in [0, 0.1) is 0 Å². The summed E-state index contributed by atoms with van der Waals surface area (Å²) in [5.41, 5.74) is 2.10. The van der Waals surface area contributed by atoms with Gasteiger partial charge < -0.3 is 24.6 Å². The van der Waals surface area contributed by atoms with Gasteiger partial charge in [0.1, 0.15) is 32.7 Å². The normalized spacial score (nSPS) is 20.2. The van der Waals surface area contributed by atoms with Gasteiger partial charge in [0.25, 0.3) is 5.91 Å². The Balaban J connectivity index is 1.52. The second kappa shape index (κ2) is 9.57. The molecule has 1 atom stereocenters. The summed E-state index contributed by atoms with van der Waals surface area (Å²) in [6.07, 6.45) is 0. The molecule has 0 saturated carbocycles. The van der Waals surface area contributed by atoms with Crippen molar-refractivity contribution in [2.45, 2.75) is 19.5 Å². The first-order valence-electron chi connectivity index (χ1n) is 9.85. The van der Waals surface area contributed by atoms with Gasteiger partial charge in [-0.1, -0.05) is 30.3 Å². The number of anilines is 1. The lowest BCUT2D eigenvalue weighted by Gasteiger charge is -2.32. The van der Waals surface area contributed by atoms with Crippen LogP contribution in [0.15, 0.2) is 48.5 Å². The van der Waals surface area contributed by atoms with Crippen molar-refractivity contribution >= 4 is 11.6 Å². The largest absolute Gasteiger partial charge is 0.493 e. The summed E-state index contributed by atoms with van der Waals surface area (Å²) in [6, 6.07) is 16.0.